The van der Waals surface area contributed by atoms with Gasteiger partial charge >= 0.3 is 0 Å². The van der Waals surface area contributed by atoms with Gasteiger partial charge in [-0.1, -0.05) is 0 Å². The minimum Gasteiger partial charge on any atom is -0.378 e. The Balaban J connectivity index is 1.56. The SMILES string of the molecule is O=C(CC1COCCN1)Nc1ccc(-n2ccnc2)nc1. The second kappa shape index (κ2) is 6.47. The third-order valence-corrected chi connectivity index (χ3v) is 3.23. The van der Waals surface area contributed by atoms with Gasteiger partial charge in [0.1, 0.15) is 12.1 Å². The summed E-state index contributed by atoms with van der Waals surface area (Å²) < 4.78 is 7.13. The summed E-state index contributed by atoms with van der Waals surface area (Å²) in [7, 11) is 0. The molecule has 7 nitrogen and oxygen atoms in total. The van der Waals surface area contributed by atoms with Crippen LogP contribution in [0.25, 0.3) is 5.82 Å². The fourth-order valence-electron chi connectivity index (χ4n) is 2.19. The van der Waals surface area contributed by atoms with E-state index in [1.807, 2.05) is 18.3 Å². The zero-order valence-electron chi connectivity index (χ0n) is 11.5. The largest absolute Gasteiger partial charge is 0.378 e. The van der Waals surface area contributed by atoms with Gasteiger partial charge in [0.15, 0.2) is 0 Å². The van der Waals surface area contributed by atoms with E-state index in [1.54, 1.807) is 23.3 Å². The van der Waals surface area contributed by atoms with Gasteiger partial charge in [-0.25, -0.2) is 9.97 Å². The molecule has 110 valence electrons. The molecule has 21 heavy (non-hydrogen) atoms. The second-order valence-corrected chi connectivity index (χ2v) is 4.85. The Labute approximate surface area is 122 Å². The van der Waals surface area contributed by atoms with Gasteiger partial charge in [-0.3, -0.25) is 9.36 Å². The molecule has 3 heterocycles. The molecule has 2 N–H and O–H groups in total. The van der Waals surface area contributed by atoms with Crippen molar-refractivity contribution in [3.8, 4) is 5.82 Å². The van der Waals surface area contributed by atoms with Crippen molar-refractivity contribution in [3.05, 3.63) is 37.1 Å². The van der Waals surface area contributed by atoms with Gasteiger partial charge in [0.2, 0.25) is 5.91 Å². The molecular weight excluding hydrogens is 270 g/mol. The number of carbonyl (C=O) groups is 1. The summed E-state index contributed by atoms with van der Waals surface area (Å²) in [5.41, 5.74) is 0.681. The smallest absolute Gasteiger partial charge is 0.226 e. The third kappa shape index (κ3) is 3.65. The van der Waals surface area contributed by atoms with E-state index in [4.69, 9.17) is 4.74 Å². The third-order valence-electron chi connectivity index (χ3n) is 3.23. The second-order valence-electron chi connectivity index (χ2n) is 4.85. The Morgan fingerprint density at radius 3 is 3.14 bits per heavy atom. The van der Waals surface area contributed by atoms with Crippen molar-refractivity contribution in [1.82, 2.24) is 19.9 Å². The predicted molar refractivity (Wildman–Crippen MR) is 77.2 cm³/mol. The first-order valence-electron chi connectivity index (χ1n) is 6.86. The van der Waals surface area contributed by atoms with E-state index in [0.717, 1.165) is 12.4 Å². The molecule has 1 fully saturated rings. The van der Waals surface area contributed by atoms with Crippen molar-refractivity contribution < 1.29 is 9.53 Å². The van der Waals surface area contributed by atoms with Crippen LogP contribution in [0.3, 0.4) is 0 Å². The highest BCUT2D eigenvalue weighted by molar-refractivity contribution is 5.90. The molecule has 2 aromatic heterocycles. The van der Waals surface area contributed by atoms with Crippen LogP contribution in [0.2, 0.25) is 0 Å². The Hall–Kier alpha value is -2.25. The number of imidazole rings is 1. The predicted octanol–water partition coefficient (Wildman–Crippen LogP) is 0.584. The number of pyridine rings is 1. The maximum atomic E-state index is 11.9. The lowest BCUT2D eigenvalue weighted by molar-refractivity contribution is -0.117. The highest BCUT2D eigenvalue weighted by Crippen LogP contribution is 2.10. The lowest BCUT2D eigenvalue weighted by Crippen LogP contribution is -2.43. The highest BCUT2D eigenvalue weighted by Gasteiger charge is 2.16. The van der Waals surface area contributed by atoms with Crippen LogP contribution in [0.4, 0.5) is 5.69 Å². The maximum Gasteiger partial charge on any atom is 0.226 e. The van der Waals surface area contributed by atoms with E-state index < -0.39 is 0 Å². The molecule has 1 saturated heterocycles. The summed E-state index contributed by atoms with van der Waals surface area (Å²) in [6.07, 6.45) is 7.21. The van der Waals surface area contributed by atoms with Gasteiger partial charge in [-0.05, 0) is 12.1 Å². The van der Waals surface area contributed by atoms with Crippen LogP contribution in [0, 0.1) is 0 Å². The van der Waals surface area contributed by atoms with E-state index in [1.165, 1.54) is 0 Å². The summed E-state index contributed by atoms with van der Waals surface area (Å²) in [5, 5.41) is 6.09. The molecule has 1 atom stereocenters. The number of aromatic nitrogens is 3. The number of nitrogens with one attached hydrogen (secondary N) is 2. The molecule has 0 radical (unpaired) electrons. The molecule has 1 aliphatic rings. The lowest BCUT2D eigenvalue weighted by Gasteiger charge is -2.23. The zero-order valence-corrected chi connectivity index (χ0v) is 11.5. The summed E-state index contributed by atoms with van der Waals surface area (Å²) in [5.74, 6) is 0.711. The first kappa shape index (κ1) is 13.7. The van der Waals surface area contributed by atoms with E-state index in [2.05, 4.69) is 20.6 Å². The summed E-state index contributed by atoms with van der Waals surface area (Å²) in [6, 6.07) is 3.74. The van der Waals surface area contributed by atoms with Gasteiger partial charge < -0.3 is 15.4 Å². The van der Waals surface area contributed by atoms with Crippen molar-refractivity contribution in [2.24, 2.45) is 0 Å². The molecular formula is C14H17N5O2. The fraction of sp³-hybridized carbons (Fsp3) is 0.357. The van der Waals surface area contributed by atoms with Gasteiger partial charge in [-0.15, -0.1) is 0 Å². The van der Waals surface area contributed by atoms with E-state index >= 15 is 0 Å². The molecule has 2 aromatic rings. The maximum absolute atomic E-state index is 11.9. The number of amides is 1. The number of hydrogen-bond donors (Lipinski definition) is 2. The first-order valence-corrected chi connectivity index (χ1v) is 6.86. The lowest BCUT2D eigenvalue weighted by atomic mass is 10.2. The highest BCUT2D eigenvalue weighted by atomic mass is 16.5. The number of hydrogen-bond acceptors (Lipinski definition) is 5. The van der Waals surface area contributed by atoms with Gasteiger partial charge in [0.05, 0.1) is 25.1 Å². The molecule has 1 unspecified atom stereocenters. The molecule has 0 aliphatic carbocycles. The molecule has 7 heteroatoms. The number of carbonyl (C=O) groups excluding carboxylic acids is 1. The van der Waals surface area contributed by atoms with Crippen LogP contribution in [-0.2, 0) is 9.53 Å². The summed E-state index contributed by atoms with van der Waals surface area (Å²) in [6.45, 7) is 2.07. The normalized spacial score (nSPS) is 18.4. The molecule has 0 spiro atoms. The molecule has 0 aromatic carbocycles. The summed E-state index contributed by atoms with van der Waals surface area (Å²) in [4.78, 5) is 20.2. The van der Waals surface area contributed by atoms with Crippen LogP contribution in [0.1, 0.15) is 6.42 Å². The Morgan fingerprint density at radius 1 is 1.52 bits per heavy atom. The van der Waals surface area contributed by atoms with E-state index in [-0.39, 0.29) is 11.9 Å². The van der Waals surface area contributed by atoms with Gasteiger partial charge in [0.25, 0.3) is 0 Å². The van der Waals surface area contributed by atoms with Crippen molar-refractivity contribution in [3.63, 3.8) is 0 Å². The van der Waals surface area contributed by atoms with Crippen LogP contribution in [0.15, 0.2) is 37.1 Å². The van der Waals surface area contributed by atoms with Crippen LogP contribution in [0.5, 0.6) is 0 Å². The fourth-order valence-corrected chi connectivity index (χ4v) is 2.19. The topological polar surface area (TPSA) is 81.1 Å². The Kier molecular flexibility index (Phi) is 4.23. The van der Waals surface area contributed by atoms with Crippen molar-refractivity contribution in [2.75, 3.05) is 25.1 Å². The quantitative estimate of drug-likeness (QED) is 0.860. The minimum absolute atomic E-state index is 0.0461. The Bertz CT molecular complexity index is 576. The zero-order chi connectivity index (χ0) is 14.5. The summed E-state index contributed by atoms with van der Waals surface area (Å²) >= 11 is 0. The molecule has 3 rings (SSSR count). The Morgan fingerprint density at radius 2 is 2.48 bits per heavy atom. The van der Waals surface area contributed by atoms with Crippen molar-refractivity contribution in [1.29, 1.82) is 0 Å². The average molecular weight is 287 g/mol. The number of anilines is 1. The average Bonchev–Trinajstić information content (AvgIpc) is 3.03. The van der Waals surface area contributed by atoms with Crippen LogP contribution < -0.4 is 10.6 Å². The number of rotatable bonds is 4. The van der Waals surface area contributed by atoms with Crippen LogP contribution >= 0.6 is 0 Å². The molecule has 1 aliphatic heterocycles. The van der Waals surface area contributed by atoms with E-state index in [9.17, 15) is 4.79 Å². The van der Waals surface area contributed by atoms with Gasteiger partial charge in [-0.2, -0.15) is 0 Å². The van der Waals surface area contributed by atoms with Crippen molar-refractivity contribution in [2.45, 2.75) is 12.5 Å². The number of ether oxygens (including phenoxy) is 1. The molecule has 1 amide bonds. The molecule has 0 bridgehead atoms. The van der Waals surface area contributed by atoms with Crippen LogP contribution in [-0.4, -0.2) is 46.2 Å². The first-order chi connectivity index (χ1) is 10.3. The van der Waals surface area contributed by atoms with Gasteiger partial charge in [0, 0.05) is 31.4 Å². The van der Waals surface area contributed by atoms with E-state index in [0.29, 0.717) is 25.3 Å². The van der Waals surface area contributed by atoms with Crippen molar-refractivity contribution >= 4 is 11.6 Å². The molecule has 0 saturated carbocycles. The number of nitrogens with zero attached hydrogens (tertiary/aromatic N) is 3. The monoisotopic (exact) mass is 287 g/mol. The number of morpholine rings is 1. The minimum atomic E-state index is -0.0461. The standard InChI is InChI=1S/C14H17N5O2/c20-14(7-12-9-21-6-4-16-12)18-11-1-2-13(17-8-11)19-5-3-15-10-19/h1-3,5,8,10,12,16H,4,6-7,9H2,(H,18,20).